The molecular weight excluding hydrogens is 297 g/mol. The fraction of sp³-hybridized carbons (Fsp3) is 0.500. The van der Waals surface area contributed by atoms with Crippen molar-refractivity contribution >= 4 is 21.8 Å². The molecule has 2 rings (SSSR count). The molecule has 1 saturated carbocycles. The highest BCUT2D eigenvalue weighted by Gasteiger charge is 2.24. The van der Waals surface area contributed by atoms with Crippen LogP contribution >= 0.6 is 15.9 Å². The summed E-state index contributed by atoms with van der Waals surface area (Å²) in [6.45, 7) is 2.03. The van der Waals surface area contributed by atoms with Crippen LogP contribution < -0.4 is 5.32 Å². The van der Waals surface area contributed by atoms with Gasteiger partial charge in [0, 0.05) is 6.04 Å². The Hall–Kier alpha value is -0.900. The van der Waals surface area contributed by atoms with Crippen LogP contribution in [0.1, 0.15) is 43.0 Å². The predicted octanol–water partition coefficient (Wildman–Crippen LogP) is 3.90. The monoisotopic (exact) mass is 313 g/mol. The largest absolute Gasteiger partial charge is 0.349 e. The number of halogens is 2. The van der Waals surface area contributed by atoms with Crippen LogP contribution in [0.2, 0.25) is 0 Å². The highest BCUT2D eigenvalue weighted by Crippen LogP contribution is 2.28. The number of nitrogens with one attached hydrogen (secondary N) is 1. The lowest BCUT2D eigenvalue weighted by Crippen LogP contribution is -2.37. The first-order valence-corrected chi connectivity index (χ1v) is 7.13. The Morgan fingerprint density at radius 2 is 2.11 bits per heavy atom. The van der Waals surface area contributed by atoms with Gasteiger partial charge in [0.25, 0.3) is 5.91 Å². The van der Waals surface area contributed by atoms with Gasteiger partial charge in [-0.15, -0.1) is 0 Å². The lowest BCUT2D eigenvalue weighted by molar-refractivity contribution is 0.0926. The van der Waals surface area contributed by atoms with Crippen molar-refractivity contribution in [3.8, 4) is 0 Å². The van der Waals surface area contributed by atoms with E-state index in [0.717, 1.165) is 0 Å². The molecule has 1 N–H and O–H groups in total. The van der Waals surface area contributed by atoms with E-state index in [1.54, 1.807) is 12.1 Å². The van der Waals surface area contributed by atoms with E-state index in [4.69, 9.17) is 0 Å². The van der Waals surface area contributed by atoms with E-state index < -0.39 is 5.82 Å². The van der Waals surface area contributed by atoms with Gasteiger partial charge < -0.3 is 5.32 Å². The molecule has 18 heavy (non-hydrogen) atoms. The first-order chi connectivity index (χ1) is 8.59. The molecule has 1 aliphatic rings. The fourth-order valence-corrected chi connectivity index (χ4v) is 2.98. The molecule has 0 spiro atoms. The summed E-state index contributed by atoms with van der Waals surface area (Å²) in [6, 6.07) is 4.66. The topological polar surface area (TPSA) is 29.1 Å². The zero-order valence-electron chi connectivity index (χ0n) is 10.4. The van der Waals surface area contributed by atoms with E-state index in [1.807, 2.05) is 6.92 Å². The number of amides is 1. The maximum absolute atomic E-state index is 13.4. The molecule has 0 aromatic heterocycles. The van der Waals surface area contributed by atoms with Crippen molar-refractivity contribution in [1.29, 1.82) is 0 Å². The molecule has 1 aromatic rings. The molecule has 4 heteroatoms. The van der Waals surface area contributed by atoms with E-state index >= 15 is 0 Å². The Bertz CT molecular complexity index is 443. The van der Waals surface area contributed by atoms with E-state index in [2.05, 4.69) is 21.2 Å². The average Bonchev–Trinajstić information content (AvgIpc) is 2.86. The highest BCUT2D eigenvalue weighted by molar-refractivity contribution is 9.10. The third-order valence-electron chi connectivity index (χ3n) is 3.66. The lowest BCUT2D eigenvalue weighted by atomic mass is 9.99. The van der Waals surface area contributed by atoms with Crippen molar-refractivity contribution in [2.24, 2.45) is 5.92 Å². The van der Waals surface area contributed by atoms with Crippen molar-refractivity contribution in [3.05, 3.63) is 34.1 Å². The summed E-state index contributed by atoms with van der Waals surface area (Å²) in [4.78, 5) is 12.1. The minimum atomic E-state index is -0.406. The Kier molecular flexibility index (Phi) is 4.38. The molecule has 0 saturated heterocycles. The van der Waals surface area contributed by atoms with E-state index in [9.17, 15) is 9.18 Å². The second kappa shape index (κ2) is 5.83. The molecular formula is C14H17BrFNO. The highest BCUT2D eigenvalue weighted by atomic mass is 79.9. The fourth-order valence-electron chi connectivity index (χ4n) is 2.54. The lowest BCUT2D eigenvalue weighted by Gasteiger charge is -2.20. The third kappa shape index (κ3) is 2.91. The molecule has 0 aliphatic heterocycles. The second-order valence-corrected chi connectivity index (χ2v) is 5.70. The quantitative estimate of drug-likeness (QED) is 0.901. The Morgan fingerprint density at radius 3 is 2.78 bits per heavy atom. The van der Waals surface area contributed by atoms with Crippen molar-refractivity contribution in [2.45, 2.75) is 38.6 Å². The van der Waals surface area contributed by atoms with E-state index in [0.29, 0.717) is 11.5 Å². The maximum Gasteiger partial charge on any atom is 0.252 e. The standard InChI is InChI=1S/C14H17BrFNO/c1-9(10-5-2-3-6-10)17-14(18)11-7-4-8-12(16)13(11)15/h4,7-10H,2-3,5-6H2,1H3,(H,17,18). The number of carbonyl (C=O) groups is 1. The number of hydrogen-bond donors (Lipinski definition) is 1. The molecule has 1 aromatic carbocycles. The van der Waals surface area contributed by atoms with Gasteiger partial charge in [0.1, 0.15) is 5.82 Å². The van der Waals surface area contributed by atoms with Crippen LogP contribution in [-0.2, 0) is 0 Å². The summed E-state index contributed by atoms with van der Waals surface area (Å²) in [5.41, 5.74) is 0.361. The Balaban J connectivity index is 2.05. The van der Waals surface area contributed by atoms with Gasteiger partial charge in [0.15, 0.2) is 0 Å². The summed E-state index contributed by atoms with van der Waals surface area (Å²) in [7, 11) is 0. The van der Waals surface area contributed by atoms with Gasteiger partial charge in [-0.1, -0.05) is 18.9 Å². The third-order valence-corrected chi connectivity index (χ3v) is 4.47. The van der Waals surface area contributed by atoms with Gasteiger partial charge >= 0.3 is 0 Å². The molecule has 0 radical (unpaired) electrons. The number of carbonyl (C=O) groups excluding carboxylic acids is 1. The summed E-state index contributed by atoms with van der Waals surface area (Å²) >= 11 is 3.12. The second-order valence-electron chi connectivity index (χ2n) is 4.91. The molecule has 1 atom stereocenters. The van der Waals surface area contributed by atoms with Crippen molar-refractivity contribution in [1.82, 2.24) is 5.32 Å². The van der Waals surface area contributed by atoms with Crippen LogP contribution in [0.4, 0.5) is 4.39 Å². The molecule has 98 valence electrons. The van der Waals surface area contributed by atoms with Gasteiger partial charge in [-0.25, -0.2) is 4.39 Å². The zero-order chi connectivity index (χ0) is 13.1. The van der Waals surface area contributed by atoms with Gasteiger partial charge in [-0.2, -0.15) is 0 Å². The van der Waals surface area contributed by atoms with Gasteiger partial charge in [-0.3, -0.25) is 4.79 Å². The predicted molar refractivity (Wildman–Crippen MR) is 73.0 cm³/mol. The smallest absolute Gasteiger partial charge is 0.252 e. The van der Waals surface area contributed by atoms with Crippen LogP contribution in [-0.4, -0.2) is 11.9 Å². The molecule has 0 heterocycles. The summed E-state index contributed by atoms with van der Waals surface area (Å²) in [6.07, 6.45) is 4.83. The Morgan fingerprint density at radius 1 is 1.44 bits per heavy atom. The Labute approximate surface area is 115 Å². The number of benzene rings is 1. The molecule has 1 fully saturated rings. The summed E-state index contributed by atoms with van der Waals surface area (Å²) in [5.74, 6) is -0.0572. The van der Waals surface area contributed by atoms with Crippen LogP contribution in [0, 0.1) is 11.7 Å². The normalized spacial score (nSPS) is 17.7. The van der Waals surface area contributed by atoms with Crippen LogP contribution in [0.25, 0.3) is 0 Å². The van der Waals surface area contributed by atoms with Crippen molar-refractivity contribution in [3.63, 3.8) is 0 Å². The molecule has 0 bridgehead atoms. The molecule has 1 unspecified atom stereocenters. The first kappa shape index (κ1) is 13.5. The number of rotatable bonds is 3. The van der Waals surface area contributed by atoms with Crippen LogP contribution in [0.5, 0.6) is 0 Å². The molecule has 2 nitrogen and oxygen atoms in total. The molecule has 1 amide bonds. The summed E-state index contributed by atoms with van der Waals surface area (Å²) < 4.78 is 13.6. The van der Waals surface area contributed by atoms with E-state index in [1.165, 1.54) is 31.7 Å². The summed E-state index contributed by atoms with van der Waals surface area (Å²) in [5, 5.41) is 2.97. The van der Waals surface area contributed by atoms with Crippen LogP contribution in [0.3, 0.4) is 0 Å². The zero-order valence-corrected chi connectivity index (χ0v) is 12.0. The van der Waals surface area contributed by atoms with Gasteiger partial charge in [0.05, 0.1) is 10.0 Å². The molecule has 1 aliphatic carbocycles. The van der Waals surface area contributed by atoms with Gasteiger partial charge in [-0.05, 0) is 53.7 Å². The minimum Gasteiger partial charge on any atom is -0.349 e. The average molecular weight is 314 g/mol. The van der Waals surface area contributed by atoms with Gasteiger partial charge in [0.2, 0.25) is 0 Å². The van der Waals surface area contributed by atoms with E-state index in [-0.39, 0.29) is 16.4 Å². The number of hydrogen-bond acceptors (Lipinski definition) is 1. The van der Waals surface area contributed by atoms with Crippen molar-refractivity contribution in [2.75, 3.05) is 0 Å². The SMILES string of the molecule is CC(NC(=O)c1cccc(F)c1Br)C1CCCC1. The minimum absolute atomic E-state index is 0.148. The van der Waals surface area contributed by atoms with Crippen molar-refractivity contribution < 1.29 is 9.18 Å². The first-order valence-electron chi connectivity index (χ1n) is 6.34. The maximum atomic E-state index is 13.4. The van der Waals surface area contributed by atoms with Crippen LogP contribution in [0.15, 0.2) is 22.7 Å².